The maximum absolute atomic E-state index is 13.9. The van der Waals surface area contributed by atoms with E-state index in [1.165, 1.54) is 20.0 Å². The average Bonchev–Trinajstić information content (AvgIpc) is 3.66. The van der Waals surface area contributed by atoms with Gasteiger partial charge in [0.15, 0.2) is 0 Å². The predicted molar refractivity (Wildman–Crippen MR) is 187 cm³/mol. The summed E-state index contributed by atoms with van der Waals surface area (Å²) >= 11 is 0. The molecule has 256 valence electrons. The van der Waals surface area contributed by atoms with Gasteiger partial charge in [-0.05, 0) is 75.6 Å². The first-order valence-electron chi connectivity index (χ1n) is 16.1. The number of ether oxygens (including phenoxy) is 2. The van der Waals surface area contributed by atoms with Crippen LogP contribution in [0.15, 0.2) is 79.1 Å². The zero-order valence-electron chi connectivity index (χ0n) is 28.5. The van der Waals surface area contributed by atoms with E-state index in [9.17, 15) is 19.2 Å². The number of anilines is 1. The number of nitrogens with zero attached hydrogens (tertiary/aromatic N) is 1. The van der Waals surface area contributed by atoms with Crippen molar-refractivity contribution in [3.05, 3.63) is 96.1 Å². The fourth-order valence-corrected chi connectivity index (χ4v) is 5.47. The topological polar surface area (TPSA) is 167 Å². The van der Waals surface area contributed by atoms with Gasteiger partial charge in [0.05, 0.1) is 12.8 Å². The molecule has 2 unspecified atom stereocenters. The summed E-state index contributed by atoms with van der Waals surface area (Å²) in [7, 11) is 0. The minimum atomic E-state index is -1.42. The number of para-hydroxylation sites is 1. The number of fused-ring (bicyclic) bond motifs is 2. The molecule has 12 heteroatoms. The summed E-state index contributed by atoms with van der Waals surface area (Å²) in [6.45, 7) is 10.1. The molecular weight excluding hydrogens is 624 g/mol. The first-order chi connectivity index (χ1) is 23.2. The van der Waals surface area contributed by atoms with Gasteiger partial charge in [-0.3, -0.25) is 14.4 Å². The molecule has 2 heterocycles. The van der Waals surface area contributed by atoms with Crippen LogP contribution in [0, 0.1) is 0 Å². The van der Waals surface area contributed by atoms with E-state index >= 15 is 0 Å². The molecule has 0 aliphatic carbocycles. The van der Waals surface area contributed by atoms with E-state index in [1.807, 2.05) is 66.7 Å². The fourth-order valence-electron chi connectivity index (χ4n) is 5.47. The molecular formula is C37H42N6O6. The van der Waals surface area contributed by atoms with Crippen LogP contribution < -0.4 is 16.0 Å². The number of esters is 1. The summed E-state index contributed by atoms with van der Waals surface area (Å²) in [5.41, 5.74) is 0.172. The number of hydrogen-bond acceptors (Lipinski definition) is 7. The highest BCUT2D eigenvalue weighted by atomic mass is 16.6. The van der Waals surface area contributed by atoms with Crippen molar-refractivity contribution in [3.8, 4) is 0 Å². The highest BCUT2D eigenvalue weighted by Crippen LogP contribution is 2.28. The van der Waals surface area contributed by atoms with Crippen LogP contribution in [0.5, 0.6) is 0 Å². The van der Waals surface area contributed by atoms with Gasteiger partial charge in [-0.1, -0.05) is 54.6 Å². The average molecular weight is 667 g/mol. The lowest BCUT2D eigenvalue weighted by Gasteiger charge is -2.29. The molecule has 49 heavy (non-hydrogen) atoms. The maximum Gasteiger partial charge on any atom is 0.408 e. The van der Waals surface area contributed by atoms with Crippen molar-refractivity contribution >= 4 is 51.4 Å². The second kappa shape index (κ2) is 14.2. The number of rotatable bonds is 11. The van der Waals surface area contributed by atoms with Crippen molar-refractivity contribution in [1.29, 1.82) is 0 Å². The SMILES string of the molecule is CCOC(=O)C(c1ccc2ccccc2c1)c1ncc(NC(=O)C(Cc2c[nH]c3ccccc23)NC(=O)C(C)(C)NC(=O)OC(C)(C)C)[nH]1. The normalized spacial score (nSPS) is 13.0. The van der Waals surface area contributed by atoms with Gasteiger partial charge in [0.25, 0.3) is 0 Å². The first kappa shape index (κ1) is 34.7. The van der Waals surface area contributed by atoms with E-state index < -0.39 is 47.0 Å². The van der Waals surface area contributed by atoms with Crippen molar-refractivity contribution < 1.29 is 28.7 Å². The van der Waals surface area contributed by atoms with E-state index in [4.69, 9.17) is 9.47 Å². The van der Waals surface area contributed by atoms with Crippen molar-refractivity contribution in [3.63, 3.8) is 0 Å². The van der Waals surface area contributed by atoms with Crippen LogP contribution in [0.4, 0.5) is 10.6 Å². The molecule has 5 aromatic rings. The summed E-state index contributed by atoms with van der Waals surface area (Å²) < 4.78 is 10.7. The van der Waals surface area contributed by atoms with Crippen molar-refractivity contribution in [2.75, 3.05) is 11.9 Å². The van der Waals surface area contributed by atoms with Gasteiger partial charge in [0, 0.05) is 23.5 Å². The molecule has 0 aliphatic heterocycles. The summed E-state index contributed by atoms with van der Waals surface area (Å²) in [5.74, 6) is -2.00. The summed E-state index contributed by atoms with van der Waals surface area (Å²) in [4.78, 5) is 63.9. The van der Waals surface area contributed by atoms with Crippen molar-refractivity contribution in [2.45, 2.75) is 71.1 Å². The molecule has 0 spiro atoms. The number of alkyl carbamates (subject to hydrolysis) is 1. The molecule has 0 bridgehead atoms. The number of carbonyl (C=O) groups is 4. The van der Waals surface area contributed by atoms with Gasteiger partial charge < -0.3 is 35.4 Å². The Labute approximate surface area is 284 Å². The Bertz CT molecular complexity index is 1990. The molecule has 12 nitrogen and oxygen atoms in total. The zero-order valence-corrected chi connectivity index (χ0v) is 28.5. The number of nitrogens with one attached hydrogen (secondary N) is 5. The molecule has 5 rings (SSSR count). The fraction of sp³-hybridized carbons (Fsp3) is 0.324. The number of H-pyrrole nitrogens is 2. The molecule has 5 N–H and O–H groups in total. The Morgan fingerprint density at radius 1 is 0.918 bits per heavy atom. The maximum atomic E-state index is 13.9. The Morgan fingerprint density at radius 3 is 2.37 bits per heavy atom. The molecule has 2 aromatic heterocycles. The molecule has 0 aliphatic rings. The predicted octanol–water partition coefficient (Wildman–Crippen LogP) is 5.71. The van der Waals surface area contributed by atoms with E-state index in [1.54, 1.807) is 33.9 Å². The van der Waals surface area contributed by atoms with Crippen molar-refractivity contribution in [1.82, 2.24) is 25.6 Å². The van der Waals surface area contributed by atoms with E-state index in [2.05, 4.69) is 30.9 Å². The third-order valence-electron chi connectivity index (χ3n) is 7.86. The van der Waals surface area contributed by atoms with Crippen LogP contribution in [0.1, 0.15) is 64.4 Å². The summed E-state index contributed by atoms with van der Waals surface area (Å²) in [6, 6.07) is 20.1. The van der Waals surface area contributed by atoms with Gasteiger partial charge in [-0.2, -0.15) is 0 Å². The Balaban J connectivity index is 1.40. The van der Waals surface area contributed by atoms with Gasteiger partial charge in [0.1, 0.15) is 34.7 Å². The standard InChI is InChI=1S/C37H42N6O6/c1-7-48-33(45)30(24-17-16-22-12-8-9-13-23(22)18-24)31-39-21-29(41-31)42-32(44)28(19-25-20-38-27-15-11-10-14-26(25)27)40-34(46)37(5,6)43-35(47)49-36(2,3)4/h8-18,20-21,28,30,38H,7,19H2,1-6H3,(H,39,41)(H,40,46)(H,42,44)(H,43,47). The third-order valence-corrected chi connectivity index (χ3v) is 7.86. The van der Waals surface area contributed by atoms with Crippen LogP contribution in [-0.4, -0.2) is 62.6 Å². The third kappa shape index (κ3) is 8.45. The number of aromatic nitrogens is 3. The molecule has 3 aromatic carbocycles. The van der Waals surface area contributed by atoms with Gasteiger partial charge >= 0.3 is 12.1 Å². The highest BCUT2D eigenvalue weighted by molar-refractivity contribution is 5.99. The van der Waals surface area contributed by atoms with Gasteiger partial charge in [-0.25, -0.2) is 9.78 Å². The molecule has 0 saturated heterocycles. The smallest absolute Gasteiger partial charge is 0.408 e. The van der Waals surface area contributed by atoms with E-state index in [0.29, 0.717) is 5.56 Å². The number of carbonyl (C=O) groups excluding carboxylic acids is 4. The Hall–Kier alpha value is -5.65. The second-order valence-corrected chi connectivity index (χ2v) is 13.3. The van der Waals surface area contributed by atoms with Crippen LogP contribution >= 0.6 is 0 Å². The monoisotopic (exact) mass is 666 g/mol. The number of amides is 3. The first-order valence-corrected chi connectivity index (χ1v) is 16.1. The molecule has 0 fully saturated rings. The van der Waals surface area contributed by atoms with Crippen LogP contribution in [-0.2, 0) is 30.3 Å². The lowest BCUT2D eigenvalue weighted by atomic mass is 9.95. The molecule has 2 atom stereocenters. The van der Waals surface area contributed by atoms with Crippen molar-refractivity contribution in [2.24, 2.45) is 0 Å². The van der Waals surface area contributed by atoms with Gasteiger partial charge in [0.2, 0.25) is 11.8 Å². The number of hydrogen-bond donors (Lipinski definition) is 5. The Morgan fingerprint density at radius 2 is 1.63 bits per heavy atom. The van der Waals surface area contributed by atoms with Crippen LogP contribution in [0.3, 0.4) is 0 Å². The lowest BCUT2D eigenvalue weighted by Crippen LogP contribution is -2.59. The van der Waals surface area contributed by atoms with E-state index in [0.717, 1.165) is 27.2 Å². The highest BCUT2D eigenvalue weighted by Gasteiger charge is 2.35. The quantitative estimate of drug-likeness (QED) is 0.113. The summed E-state index contributed by atoms with van der Waals surface area (Å²) in [6.07, 6.45) is 2.58. The van der Waals surface area contributed by atoms with Crippen LogP contribution in [0.2, 0.25) is 0 Å². The number of imidazole rings is 1. The van der Waals surface area contributed by atoms with E-state index in [-0.39, 0.29) is 24.7 Å². The van der Waals surface area contributed by atoms with Crippen LogP contribution in [0.25, 0.3) is 21.7 Å². The molecule has 3 amide bonds. The van der Waals surface area contributed by atoms with Gasteiger partial charge in [-0.15, -0.1) is 0 Å². The number of benzene rings is 3. The second-order valence-electron chi connectivity index (χ2n) is 13.3. The lowest BCUT2D eigenvalue weighted by molar-refractivity contribution is -0.144. The Kier molecular flexibility index (Phi) is 10.1. The molecule has 0 radical (unpaired) electrons. The largest absolute Gasteiger partial charge is 0.465 e. The minimum absolute atomic E-state index is 0.133. The zero-order chi connectivity index (χ0) is 35.3. The number of aromatic amines is 2. The minimum Gasteiger partial charge on any atom is -0.465 e. The summed E-state index contributed by atoms with van der Waals surface area (Å²) in [5, 5.41) is 11.1. The molecule has 0 saturated carbocycles.